The first-order chi connectivity index (χ1) is 12.0. The third-order valence-electron chi connectivity index (χ3n) is 3.94. The second-order valence-corrected chi connectivity index (χ2v) is 8.45. The number of fused-ring (bicyclic) bond motifs is 2. The van der Waals surface area contributed by atoms with Gasteiger partial charge in [0.05, 0.1) is 0 Å². The molecule has 3 aromatic rings. The highest BCUT2D eigenvalue weighted by molar-refractivity contribution is 7.68. The van der Waals surface area contributed by atoms with E-state index in [9.17, 15) is 4.89 Å². The van der Waals surface area contributed by atoms with Crippen molar-refractivity contribution in [1.82, 2.24) is 0 Å². The van der Waals surface area contributed by atoms with Crippen LogP contribution in [0.15, 0.2) is 66.7 Å². The summed E-state index contributed by atoms with van der Waals surface area (Å²) in [7, 11) is -3.62. The predicted molar refractivity (Wildman–Crippen MR) is 100.0 cm³/mol. The van der Waals surface area contributed by atoms with Crippen LogP contribution in [0.4, 0.5) is 0 Å². The fraction of sp³-hybridized carbons (Fsp3) is 0.0526. The quantitative estimate of drug-likeness (QED) is 0.560. The third kappa shape index (κ3) is 3.33. The van der Waals surface area contributed by atoms with Gasteiger partial charge in [0.1, 0.15) is 0 Å². The van der Waals surface area contributed by atoms with Gasteiger partial charge < -0.3 is 13.9 Å². The average Bonchev–Trinajstić information content (AvgIpc) is 2.59. The van der Waals surface area contributed by atoms with Gasteiger partial charge in [-0.15, -0.1) is 0 Å². The van der Waals surface area contributed by atoms with Crippen LogP contribution >= 0.6 is 31.1 Å². The Kier molecular flexibility index (Phi) is 4.35. The molecule has 25 heavy (non-hydrogen) atoms. The van der Waals surface area contributed by atoms with Gasteiger partial charge in [-0.1, -0.05) is 41.4 Å². The fourth-order valence-corrected chi connectivity index (χ4v) is 4.80. The average molecular weight is 391 g/mol. The molecule has 0 unspecified atom stereocenters. The molecular weight excluding hydrogens is 378 g/mol. The molecule has 0 aliphatic carbocycles. The standard InChI is InChI=1S/C19H13Cl2O3P/c20-15-6-8-18-13(11-15)10-14-12-16(21)7-9-19(14)24-25(22,23-18)17-4-2-1-3-5-17/h1-9,11-12H,10H2. The summed E-state index contributed by atoms with van der Waals surface area (Å²) in [6.45, 7) is 0. The molecule has 0 spiro atoms. The summed E-state index contributed by atoms with van der Waals surface area (Å²) >= 11 is 12.3. The van der Waals surface area contributed by atoms with Gasteiger partial charge in [-0.3, -0.25) is 0 Å². The van der Waals surface area contributed by atoms with Gasteiger partial charge in [-0.25, -0.2) is 0 Å². The van der Waals surface area contributed by atoms with Gasteiger partial charge in [0.2, 0.25) is 0 Å². The van der Waals surface area contributed by atoms with Crippen LogP contribution in [0.25, 0.3) is 0 Å². The summed E-state index contributed by atoms with van der Waals surface area (Å²) in [5, 5.41) is 1.66. The van der Waals surface area contributed by atoms with E-state index in [1.165, 1.54) is 0 Å². The number of halogens is 2. The zero-order valence-corrected chi connectivity index (χ0v) is 15.4. The molecule has 1 aliphatic rings. The van der Waals surface area contributed by atoms with Crippen molar-refractivity contribution < 1.29 is 13.9 Å². The van der Waals surface area contributed by atoms with Gasteiger partial charge in [0.15, 0.2) is 16.8 Å². The van der Waals surface area contributed by atoms with Crippen LogP contribution in [0.1, 0.15) is 11.1 Å². The largest absolute Gasteiger partial charge is 0.612 e. The van der Waals surface area contributed by atoms with Crippen molar-refractivity contribution in [2.24, 2.45) is 0 Å². The summed E-state index contributed by atoms with van der Waals surface area (Å²) < 4.78 is 11.8. The molecule has 6 heteroatoms. The SMILES string of the molecule is [O-][P+]1(c2ccccc2)Oc2ccc(Cl)cc2Cc2cc(Cl)ccc2O1. The van der Waals surface area contributed by atoms with Crippen molar-refractivity contribution >= 4 is 36.4 Å². The topological polar surface area (TPSA) is 41.5 Å². The predicted octanol–water partition coefficient (Wildman–Crippen LogP) is 4.80. The Morgan fingerprint density at radius 2 is 1.28 bits per heavy atom. The lowest BCUT2D eigenvalue weighted by molar-refractivity contribution is -0.198. The van der Waals surface area contributed by atoms with Crippen molar-refractivity contribution in [3.8, 4) is 11.5 Å². The minimum Gasteiger partial charge on any atom is -0.612 e. The first-order valence-electron chi connectivity index (χ1n) is 7.65. The maximum Gasteiger partial charge on any atom is 0.365 e. The lowest BCUT2D eigenvalue weighted by Gasteiger charge is -2.30. The van der Waals surface area contributed by atoms with E-state index in [2.05, 4.69) is 0 Å². The molecule has 1 aliphatic heterocycles. The Morgan fingerprint density at radius 1 is 0.760 bits per heavy atom. The van der Waals surface area contributed by atoms with Gasteiger partial charge in [-0.05, 0) is 48.5 Å². The summed E-state index contributed by atoms with van der Waals surface area (Å²) in [5.41, 5.74) is 1.66. The fourth-order valence-electron chi connectivity index (χ4n) is 2.75. The number of benzene rings is 3. The van der Waals surface area contributed by atoms with Crippen molar-refractivity contribution in [3.05, 3.63) is 87.9 Å². The number of hydrogen-bond donors (Lipinski definition) is 0. The van der Waals surface area contributed by atoms with E-state index >= 15 is 0 Å². The van der Waals surface area contributed by atoms with Crippen LogP contribution in [-0.4, -0.2) is 0 Å². The molecule has 0 bridgehead atoms. The molecule has 0 radical (unpaired) electrons. The Morgan fingerprint density at radius 3 is 1.80 bits per heavy atom. The zero-order valence-electron chi connectivity index (χ0n) is 13.0. The molecule has 0 amide bonds. The molecule has 1 heterocycles. The van der Waals surface area contributed by atoms with Crippen LogP contribution in [0, 0.1) is 0 Å². The Bertz CT molecular complexity index is 878. The lowest BCUT2D eigenvalue weighted by Crippen LogP contribution is -2.32. The molecule has 4 rings (SSSR count). The summed E-state index contributed by atoms with van der Waals surface area (Å²) in [6, 6.07) is 19.4. The van der Waals surface area contributed by atoms with Gasteiger partial charge >= 0.3 is 7.94 Å². The van der Waals surface area contributed by atoms with Crippen LogP contribution in [0.2, 0.25) is 10.0 Å². The Balaban J connectivity index is 1.91. The van der Waals surface area contributed by atoms with E-state index in [1.807, 2.05) is 18.2 Å². The molecular formula is C19H13Cl2O3P. The van der Waals surface area contributed by atoms with Crippen molar-refractivity contribution in [3.63, 3.8) is 0 Å². The molecule has 3 nitrogen and oxygen atoms in total. The van der Waals surface area contributed by atoms with Crippen molar-refractivity contribution in [1.29, 1.82) is 0 Å². The van der Waals surface area contributed by atoms with Gasteiger partial charge in [0, 0.05) is 27.6 Å². The van der Waals surface area contributed by atoms with E-state index in [1.54, 1.807) is 48.5 Å². The normalized spacial score (nSPS) is 15.0. The summed E-state index contributed by atoms with van der Waals surface area (Å²) in [4.78, 5) is 13.6. The molecule has 0 saturated heterocycles. The molecule has 0 aromatic heterocycles. The molecule has 0 N–H and O–H groups in total. The van der Waals surface area contributed by atoms with Gasteiger partial charge in [-0.2, -0.15) is 0 Å². The van der Waals surface area contributed by atoms with Crippen LogP contribution in [-0.2, 0) is 6.42 Å². The highest BCUT2D eigenvalue weighted by atomic mass is 35.5. The van der Waals surface area contributed by atoms with Crippen LogP contribution in [0.5, 0.6) is 11.5 Å². The number of hydrogen-bond acceptors (Lipinski definition) is 3. The smallest absolute Gasteiger partial charge is 0.365 e. The molecule has 0 atom stereocenters. The lowest BCUT2D eigenvalue weighted by atomic mass is 10.0. The first kappa shape index (κ1) is 16.7. The molecule has 0 fully saturated rings. The minimum atomic E-state index is -3.62. The number of rotatable bonds is 1. The van der Waals surface area contributed by atoms with Crippen molar-refractivity contribution in [2.75, 3.05) is 0 Å². The second kappa shape index (κ2) is 6.51. The van der Waals surface area contributed by atoms with Gasteiger partial charge in [0.25, 0.3) is 0 Å². The second-order valence-electron chi connectivity index (χ2n) is 5.70. The minimum absolute atomic E-state index is 0.485. The Hall–Kier alpha value is -1.77. The highest BCUT2D eigenvalue weighted by Gasteiger charge is 2.39. The van der Waals surface area contributed by atoms with E-state index in [4.69, 9.17) is 32.2 Å². The maximum absolute atomic E-state index is 13.6. The molecule has 126 valence electrons. The summed E-state index contributed by atoms with van der Waals surface area (Å²) in [6.07, 6.45) is 0.514. The van der Waals surface area contributed by atoms with E-state index in [0.717, 1.165) is 11.1 Å². The monoisotopic (exact) mass is 390 g/mol. The Labute approximate surface area is 156 Å². The third-order valence-corrected chi connectivity index (χ3v) is 6.21. The highest BCUT2D eigenvalue weighted by Crippen LogP contribution is 2.54. The molecule has 0 saturated carbocycles. The maximum atomic E-state index is 13.6. The zero-order chi connectivity index (χ0) is 17.4. The first-order valence-corrected chi connectivity index (χ1v) is 9.95. The summed E-state index contributed by atoms with van der Waals surface area (Å²) in [5.74, 6) is 0.976. The van der Waals surface area contributed by atoms with Crippen LogP contribution in [0.3, 0.4) is 0 Å². The van der Waals surface area contributed by atoms with E-state index < -0.39 is 7.94 Å². The van der Waals surface area contributed by atoms with E-state index in [-0.39, 0.29) is 0 Å². The molecule has 3 aromatic carbocycles. The van der Waals surface area contributed by atoms with Crippen molar-refractivity contribution in [2.45, 2.75) is 6.42 Å². The van der Waals surface area contributed by atoms with E-state index in [0.29, 0.717) is 33.3 Å². The van der Waals surface area contributed by atoms with Crippen LogP contribution < -0.4 is 19.2 Å².